The van der Waals surface area contributed by atoms with E-state index in [1.807, 2.05) is 0 Å². The molecule has 2 nitrogen and oxygen atoms in total. The molecule has 0 saturated heterocycles. The van der Waals surface area contributed by atoms with E-state index in [1.54, 1.807) is 0 Å². The van der Waals surface area contributed by atoms with E-state index in [2.05, 4.69) is 211 Å². The zero-order chi connectivity index (χ0) is 42.7. The van der Waals surface area contributed by atoms with Crippen LogP contribution in [0, 0.1) is 20.8 Å². The predicted octanol–water partition coefficient (Wildman–Crippen LogP) is 15.0. The number of anilines is 5. The molecule has 11 rings (SSSR count). The van der Waals surface area contributed by atoms with Crippen LogP contribution in [0.5, 0.6) is 0 Å². The van der Waals surface area contributed by atoms with E-state index < -0.39 is 0 Å². The van der Waals surface area contributed by atoms with Gasteiger partial charge in [-0.2, -0.15) is 0 Å². The van der Waals surface area contributed by atoms with E-state index in [-0.39, 0.29) is 10.8 Å². The van der Waals surface area contributed by atoms with Gasteiger partial charge in [0, 0.05) is 44.2 Å². The summed E-state index contributed by atoms with van der Waals surface area (Å²) in [6.45, 7) is 18.9. The maximum atomic E-state index is 2.62. The summed E-state index contributed by atoms with van der Waals surface area (Å²) in [5, 5.41) is 5.35. The predicted molar refractivity (Wildman–Crippen MR) is 265 cm³/mol. The Morgan fingerprint density at radius 3 is 1.42 bits per heavy atom. The number of hydrogen-bond acceptors (Lipinski definition) is 2. The van der Waals surface area contributed by atoms with Crippen molar-refractivity contribution in [3.8, 4) is 22.3 Å². The van der Waals surface area contributed by atoms with E-state index in [0.717, 1.165) is 25.7 Å². The number of rotatable bonds is 6. The van der Waals surface area contributed by atoms with E-state index in [1.165, 1.54) is 122 Å². The summed E-state index contributed by atoms with van der Waals surface area (Å²) in [6.07, 6.45) is 14.2. The summed E-state index contributed by atoms with van der Waals surface area (Å²) >= 11 is 0. The Morgan fingerprint density at radius 1 is 0.387 bits per heavy atom. The Labute approximate surface area is 367 Å². The van der Waals surface area contributed by atoms with Crippen molar-refractivity contribution in [1.29, 1.82) is 0 Å². The first-order valence-corrected chi connectivity index (χ1v) is 22.7. The topological polar surface area (TPSA) is 6.48 Å². The second-order valence-electron chi connectivity index (χ2n) is 19.3. The minimum absolute atomic E-state index is 0.215. The molecule has 4 aliphatic rings. The minimum atomic E-state index is -0.233. The van der Waals surface area contributed by atoms with Crippen LogP contribution in [0.4, 0.5) is 28.4 Å². The SMILES string of the molecule is CC1=CCCC=C1N(c1ccccc1C)c1cc2c(c3c1=CCCC=3)-c1cc3c(cc1C2(C)C)-c1c(cc(N(c2ccccc2C)c2ccccc2C)c2ccccc12)C3(C)C. The lowest BCUT2D eigenvalue weighted by Gasteiger charge is -2.33. The van der Waals surface area contributed by atoms with Gasteiger partial charge in [0.15, 0.2) is 0 Å². The summed E-state index contributed by atoms with van der Waals surface area (Å²) < 4.78 is 0. The third-order valence-electron chi connectivity index (χ3n) is 14.8. The van der Waals surface area contributed by atoms with Gasteiger partial charge in [-0.15, -0.1) is 0 Å². The molecule has 0 atom stereocenters. The van der Waals surface area contributed by atoms with Crippen LogP contribution in [-0.2, 0) is 10.8 Å². The van der Waals surface area contributed by atoms with Crippen LogP contribution in [0.1, 0.15) is 99.2 Å². The molecule has 0 unspecified atom stereocenters. The van der Waals surface area contributed by atoms with Gasteiger partial charge in [0.25, 0.3) is 0 Å². The summed E-state index contributed by atoms with van der Waals surface area (Å²) in [7, 11) is 0. The first-order valence-electron chi connectivity index (χ1n) is 22.7. The standard InChI is InChI=1S/C60H56N2/c1-37-21-9-17-29-51(37)61(52-30-18-10-22-38(52)2)55-35-49-57(43-27-15-13-25-41(43)55)45-33-48-46(34-47(45)59(49,5)6)58-44-28-16-14-26-42(44)56(36-50(58)60(48,7)8)62(53-31-19-11-23-39(53)3)54-32-20-12-24-40(54)4/h9-11,13,15,17-19,21-36H,12,14,16,20H2,1-8H3. The molecule has 0 spiro atoms. The Bertz CT molecular complexity index is 3200. The highest BCUT2D eigenvalue weighted by Crippen LogP contribution is 2.59. The third-order valence-corrected chi connectivity index (χ3v) is 14.8. The molecule has 7 aromatic carbocycles. The van der Waals surface area contributed by atoms with Crippen LogP contribution in [0.25, 0.3) is 45.2 Å². The largest absolute Gasteiger partial charge is 0.310 e. The first-order chi connectivity index (χ1) is 30.0. The fraction of sp³-hybridized carbons (Fsp3) is 0.233. The number of para-hydroxylation sites is 3. The molecule has 7 aromatic rings. The molecular formula is C60H56N2. The molecule has 62 heavy (non-hydrogen) atoms. The number of aryl methyl sites for hydroxylation is 3. The maximum Gasteiger partial charge on any atom is 0.0543 e. The van der Waals surface area contributed by atoms with Crippen molar-refractivity contribution in [2.45, 2.75) is 91.9 Å². The summed E-state index contributed by atoms with van der Waals surface area (Å²) in [6, 6.07) is 46.1. The fourth-order valence-electron chi connectivity index (χ4n) is 11.5. The van der Waals surface area contributed by atoms with Crippen LogP contribution in [0.3, 0.4) is 0 Å². The zero-order valence-electron chi connectivity index (χ0n) is 37.6. The lowest BCUT2D eigenvalue weighted by atomic mass is 9.79. The quantitative estimate of drug-likeness (QED) is 0.165. The summed E-state index contributed by atoms with van der Waals surface area (Å²) in [5.41, 5.74) is 23.5. The van der Waals surface area contributed by atoms with Gasteiger partial charge in [-0.25, -0.2) is 0 Å². The average molecular weight is 805 g/mol. The van der Waals surface area contributed by atoms with Gasteiger partial charge in [0.1, 0.15) is 0 Å². The van der Waals surface area contributed by atoms with Gasteiger partial charge in [-0.3, -0.25) is 0 Å². The smallest absolute Gasteiger partial charge is 0.0543 e. The Balaban J connectivity index is 1.15. The van der Waals surface area contributed by atoms with Gasteiger partial charge in [0.2, 0.25) is 0 Å². The molecule has 0 aliphatic heterocycles. The number of hydrogen-bond donors (Lipinski definition) is 0. The van der Waals surface area contributed by atoms with Crippen LogP contribution in [-0.4, -0.2) is 0 Å². The number of allylic oxidation sites excluding steroid dienone is 3. The highest BCUT2D eigenvalue weighted by Gasteiger charge is 2.44. The molecule has 0 N–H and O–H groups in total. The van der Waals surface area contributed by atoms with Crippen molar-refractivity contribution >= 4 is 51.4 Å². The van der Waals surface area contributed by atoms with Gasteiger partial charge in [-0.1, -0.05) is 131 Å². The van der Waals surface area contributed by atoms with Gasteiger partial charge >= 0.3 is 0 Å². The van der Waals surface area contributed by atoms with Crippen molar-refractivity contribution in [2.24, 2.45) is 0 Å². The highest BCUT2D eigenvalue weighted by molar-refractivity contribution is 6.11. The molecule has 0 heterocycles. The normalized spacial score (nSPS) is 16.2. The molecule has 2 heteroatoms. The molecule has 4 aliphatic carbocycles. The molecule has 0 saturated carbocycles. The summed E-state index contributed by atoms with van der Waals surface area (Å²) in [4.78, 5) is 5.11. The van der Waals surface area contributed by atoms with Crippen LogP contribution in [0.2, 0.25) is 0 Å². The van der Waals surface area contributed by atoms with Crippen molar-refractivity contribution in [1.82, 2.24) is 0 Å². The fourth-order valence-corrected chi connectivity index (χ4v) is 11.5. The zero-order valence-corrected chi connectivity index (χ0v) is 37.6. The summed E-state index contributed by atoms with van der Waals surface area (Å²) in [5.74, 6) is 0. The first kappa shape index (κ1) is 38.5. The number of fused-ring (bicyclic) bond motifs is 10. The lowest BCUT2D eigenvalue weighted by Crippen LogP contribution is -2.36. The molecule has 306 valence electrons. The van der Waals surface area contributed by atoms with Crippen molar-refractivity contribution in [3.05, 3.63) is 194 Å². The van der Waals surface area contributed by atoms with Crippen LogP contribution < -0.4 is 20.2 Å². The maximum absolute atomic E-state index is 2.62. The second-order valence-corrected chi connectivity index (χ2v) is 19.3. The van der Waals surface area contributed by atoms with Crippen LogP contribution in [0.15, 0.2) is 145 Å². The van der Waals surface area contributed by atoms with E-state index in [0.29, 0.717) is 0 Å². The number of benzene rings is 7. The van der Waals surface area contributed by atoms with Gasteiger partial charge in [0.05, 0.1) is 11.4 Å². The monoisotopic (exact) mass is 804 g/mol. The minimum Gasteiger partial charge on any atom is -0.310 e. The Kier molecular flexibility index (Phi) is 8.75. The highest BCUT2D eigenvalue weighted by atomic mass is 15.2. The molecule has 0 amide bonds. The van der Waals surface area contributed by atoms with E-state index in [9.17, 15) is 0 Å². The third kappa shape index (κ3) is 5.55. The molecule has 0 bridgehead atoms. The second kappa shape index (κ2) is 14.1. The van der Waals surface area contributed by atoms with Gasteiger partial charge < -0.3 is 9.80 Å². The van der Waals surface area contributed by atoms with Crippen molar-refractivity contribution in [3.63, 3.8) is 0 Å². The lowest BCUT2D eigenvalue weighted by molar-refractivity contribution is 0.652. The van der Waals surface area contributed by atoms with Crippen molar-refractivity contribution < 1.29 is 0 Å². The number of nitrogens with zero attached hydrogens (tertiary/aromatic N) is 2. The average Bonchev–Trinajstić information content (AvgIpc) is 3.64. The van der Waals surface area contributed by atoms with Gasteiger partial charge in [-0.05, 0) is 173 Å². The molecule has 0 aromatic heterocycles. The Hall–Kier alpha value is -6.38. The Morgan fingerprint density at radius 2 is 0.839 bits per heavy atom. The van der Waals surface area contributed by atoms with E-state index >= 15 is 0 Å². The molecule has 0 radical (unpaired) electrons. The van der Waals surface area contributed by atoms with Crippen molar-refractivity contribution in [2.75, 3.05) is 9.80 Å². The van der Waals surface area contributed by atoms with Crippen LogP contribution >= 0.6 is 0 Å². The molecule has 0 fully saturated rings. The molecular weight excluding hydrogens is 749 g/mol. The van der Waals surface area contributed by atoms with E-state index in [4.69, 9.17) is 0 Å².